The summed E-state index contributed by atoms with van der Waals surface area (Å²) in [5.74, 6) is 0.692. The van der Waals surface area contributed by atoms with Crippen LogP contribution in [0.2, 0.25) is 0 Å². The van der Waals surface area contributed by atoms with Gasteiger partial charge in [0.1, 0.15) is 0 Å². The highest BCUT2D eigenvalue weighted by molar-refractivity contribution is 9.10. The standard InChI is InChI=1S/C9H12BrNO/c1-2-3-6-12-9-7-8(10)4-5-11-9/h4-5,7H,2-3,6H2,1H3. The monoisotopic (exact) mass is 229 g/mol. The molecule has 0 amide bonds. The van der Waals surface area contributed by atoms with E-state index in [0.717, 1.165) is 23.9 Å². The highest BCUT2D eigenvalue weighted by Gasteiger charge is 1.94. The van der Waals surface area contributed by atoms with E-state index in [-0.39, 0.29) is 0 Å². The molecule has 3 heteroatoms. The first-order valence-electron chi connectivity index (χ1n) is 4.07. The molecule has 1 aromatic rings. The van der Waals surface area contributed by atoms with Gasteiger partial charge in [0.2, 0.25) is 5.88 Å². The van der Waals surface area contributed by atoms with E-state index in [1.807, 2.05) is 12.1 Å². The summed E-state index contributed by atoms with van der Waals surface area (Å²) in [6.45, 7) is 2.89. The summed E-state index contributed by atoms with van der Waals surface area (Å²) in [5.41, 5.74) is 0. The molecule has 0 saturated carbocycles. The Labute approximate surface area is 81.1 Å². The number of halogens is 1. The highest BCUT2D eigenvalue weighted by atomic mass is 79.9. The normalized spacial score (nSPS) is 9.83. The van der Waals surface area contributed by atoms with Gasteiger partial charge in [-0.25, -0.2) is 4.98 Å². The van der Waals surface area contributed by atoms with E-state index < -0.39 is 0 Å². The lowest BCUT2D eigenvalue weighted by atomic mass is 10.4. The Morgan fingerprint density at radius 2 is 2.42 bits per heavy atom. The molecule has 1 rings (SSSR count). The molecule has 0 spiro atoms. The molecular formula is C9H12BrNO. The Balaban J connectivity index is 2.41. The van der Waals surface area contributed by atoms with Gasteiger partial charge in [-0.05, 0) is 12.5 Å². The number of ether oxygens (including phenoxy) is 1. The van der Waals surface area contributed by atoms with Crippen LogP contribution in [0, 0.1) is 0 Å². The van der Waals surface area contributed by atoms with Gasteiger partial charge in [0.25, 0.3) is 0 Å². The average Bonchev–Trinajstić information content (AvgIpc) is 2.05. The minimum Gasteiger partial charge on any atom is -0.478 e. The van der Waals surface area contributed by atoms with Crippen molar-refractivity contribution in [3.05, 3.63) is 22.8 Å². The topological polar surface area (TPSA) is 22.1 Å². The first-order chi connectivity index (χ1) is 5.83. The molecule has 66 valence electrons. The molecule has 0 saturated heterocycles. The zero-order valence-electron chi connectivity index (χ0n) is 7.09. The van der Waals surface area contributed by atoms with Crippen molar-refractivity contribution in [2.45, 2.75) is 19.8 Å². The fourth-order valence-electron chi connectivity index (χ4n) is 0.785. The van der Waals surface area contributed by atoms with Crippen LogP contribution in [0.15, 0.2) is 22.8 Å². The van der Waals surface area contributed by atoms with Gasteiger partial charge < -0.3 is 4.74 Å². The van der Waals surface area contributed by atoms with Gasteiger partial charge in [-0.15, -0.1) is 0 Å². The molecule has 0 bridgehead atoms. The minimum absolute atomic E-state index is 0.692. The maximum Gasteiger partial charge on any atom is 0.214 e. The third kappa shape index (κ3) is 3.22. The van der Waals surface area contributed by atoms with Crippen molar-refractivity contribution >= 4 is 15.9 Å². The second-order valence-electron chi connectivity index (χ2n) is 2.51. The summed E-state index contributed by atoms with van der Waals surface area (Å²) >= 11 is 3.35. The number of nitrogens with zero attached hydrogens (tertiary/aromatic N) is 1. The third-order valence-electron chi connectivity index (χ3n) is 1.44. The lowest BCUT2D eigenvalue weighted by Gasteiger charge is -2.03. The van der Waals surface area contributed by atoms with Crippen molar-refractivity contribution in [3.8, 4) is 5.88 Å². The van der Waals surface area contributed by atoms with Crippen molar-refractivity contribution in [1.29, 1.82) is 0 Å². The Bertz CT molecular complexity index is 240. The molecule has 0 N–H and O–H groups in total. The van der Waals surface area contributed by atoms with Crippen molar-refractivity contribution in [1.82, 2.24) is 4.98 Å². The summed E-state index contributed by atoms with van der Waals surface area (Å²) in [6, 6.07) is 3.75. The molecule has 0 aromatic carbocycles. The van der Waals surface area contributed by atoms with Crippen LogP contribution in [0.25, 0.3) is 0 Å². The van der Waals surface area contributed by atoms with Crippen LogP contribution < -0.4 is 4.74 Å². The molecule has 0 aliphatic rings. The number of unbranched alkanes of at least 4 members (excludes halogenated alkanes) is 1. The molecule has 2 nitrogen and oxygen atoms in total. The van der Waals surface area contributed by atoms with Gasteiger partial charge >= 0.3 is 0 Å². The largest absolute Gasteiger partial charge is 0.478 e. The van der Waals surface area contributed by atoms with E-state index in [9.17, 15) is 0 Å². The Hall–Kier alpha value is -0.570. The lowest BCUT2D eigenvalue weighted by Crippen LogP contribution is -1.97. The van der Waals surface area contributed by atoms with Crippen LogP contribution >= 0.6 is 15.9 Å². The van der Waals surface area contributed by atoms with Crippen molar-refractivity contribution in [3.63, 3.8) is 0 Å². The average molecular weight is 230 g/mol. The predicted molar refractivity (Wildman–Crippen MR) is 52.3 cm³/mol. The first-order valence-corrected chi connectivity index (χ1v) is 4.86. The fourth-order valence-corrected chi connectivity index (χ4v) is 1.10. The number of hydrogen-bond acceptors (Lipinski definition) is 2. The molecule has 0 aliphatic carbocycles. The van der Waals surface area contributed by atoms with Gasteiger partial charge in [-0.1, -0.05) is 29.3 Å². The smallest absolute Gasteiger partial charge is 0.214 e. The van der Waals surface area contributed by atoms with E-state index in [4.69, 9.17) is 4.74 Å². The van der Waals surface area contributed by atoms with E-state index in [0.29, 0.717) is 5.88 Å². The Kier molecular flexibility index (Phi) is 4.08. The van der Waals surface area contributed by atoms with Crippen molar-refractivity contribution in [2.75, 3.05) is 6.61 Å². The number of aromatic nitrogens is 1. The zero-order chi connectivity index (χ0) is 8.81. The van der Waals surface area contributed by atoms with Crippen LogP contribution in [0.1, 0.15) is 19.8 Å². The SMILES string of the molecule is CCCCOc1cc(Br)ccn1. The maximum atomic E-state index is 5.39. The molecule has 0 unspecified atom stereocenters. The van der Waals surface area contributed by atoms with Gasteiger partial charge in [0.05, 0.1) is 6.61 Å². The van der Waals surface area contributed by atoms with Gasteiger partial charge in [0, 0.05) is 16.7 Å². The molecule has 0 fully saturated rings. The van der Waals surface area contributed by atoms with Crippen LogP contribution in [0.4, 0.5) is 0 Å². The molecule has 0 radical (unpaired) electrons. The van der Waals surface area contributed by atoms with Crippen LogP contribution in [-0.2, 0) is 0 Å². The molecule has 1 heterocycles. The van der Waals surface area contributed by atoms with Gasteiger partial charge in [0.15, 0.2) is 0 Å². The molecular weight excluding hydrogens is 218 g/mol. The van der Waals surface area contributed by atoms with Gasteiger partial charge in [-0.3, -0.25) is 0 Å². The number of pyridine rings is 1. The van der Waals surface area contributed by atoms with E-state index in [1.165, 1.54) is 0 Å². The molecule has 0 aliphatic heterocycles. The molecule has 12 heavy (non-hydrogen) atoms. The zero-order valence-corrected chi connectivity index (χ0v) is 8.67. The second kappa shape index (κ2) is 5.14. The number of hydrogen-bond donors (Lipinski definition) is 0. The lowest BCUT2D eigenvalue weighted by molar-refractivity contribution is 0.297. The molecule has 1 aromatic heterocycles. The summed E-state index contributed by atoms with van der Waals surface area (Å²) in [7, 11) is 0. The van der Waals surface area contributed by atoms with Crippen LogP contribution in [0.3, 0.4) is 0 Å². The van der Waals surface area contributed by atoms with Crippen LogP contribution in [0.5, 0.6) is 5.88 Å². The quantitative estimate of drug-likeness (QED) is 0.741. The van der Waals surface area contributed by atoms with E-state index in [2.05, 4.69) is 27.8 Å². The summed E-state index contributed by atoms with van der Waals surface area (Å²) in [6.07, 6.45) is 3.95. The fraction of sp³-hybridized carbons (Fsp3) is 0.444. The predicted octanol–water partition coefficient (Wildman–Crippen LogP) is 3.02. The minimum atomic E-state index is 0.692. The van der Waals surface area contributed by atoms with E-state index in [1.54, 1.807) is 6.20 Å². The summed E-state index contributed by atoms with van der Waals surface area (Å²) in [4.78, 5) is 4.06. The second-order valence-corrected chi connectivity index (χ2v) is 3.43. The first kappa shape index (κ1) is 9.52. The van der Waals surface area contributed by atoms with Gasteiger partial charge in [-0.2, -0.15) is 0 Å². The number of rotatable bonds is 4. The third-order valence-corrected chi connectivity index (χ3v) is 1.94. The summed E-state index contributed by atoms with van der Waals surface area (Å²) < 4.78 is 6.39. The van der Waals surface area contributed by atoms with Crippen molar-refractivity contribution < 1.29 is 4.74 Å². The Morgan fingerprint density at radius 3 is 3.08 bits per heavy atom. The summed E-state index contributed by atoms with van der Waals surface area (Å²) in [5, 5.41) is 0. The molecule has 0 atom stereocenters. The van der Waals surface area contributed by atoms with Crippen molar-refractivity contribution in [2.24, 2.45) is 0 Å². The highest BCUT2D eigenvalue weighted by Crippen LogP contribution is 2.14. The van der Waals surface area contributed by atoms with E-state index >= 15 is 0 Å². The maximum absolute atomic E-state index is 5.39. The van der Waals surface area contributed by atoms with Crippen LogP contribution in [-0.4, -0.2) is 11.6 Å². The Morgan fingerprint density at radius 1 is 1.58 bits per heavy atom.